The van der Waals surface area contributed by atoms with Crippen molar-refractivity contribution in [2.45, 2.75) is 52.6 Å². The molecule has 8 nitrogen and oxygen atoms in total. The van der Waals surface area contributed by atoms with E-state index in [0.717, 1.165) is 24.2 Å². The summed E-state index contributed by atoms with van der Waals surface area (Å²) in [5.41, 5.74) is 5.82. The average molecular weight is 396 g/mol. The molecule has 1 aromatic heterocycles. The van der Waals surface area contributed by atoms with Gasteiger partial charge in [0.05, 0.1) is 23.5 Å². The number of nitrogens with one attached hydrogen (secondary N) is 1. The summed E-state index contributed by atoms with van der Waals surface area (Å²) < 4.78 is 5.16. The summed E-state index contributed by atoms with van der Waals surface area (Å²) in [4.78, 5) is 48.4. The number of carbonyl (C=O) groups excluding carboxylic acids is 3. The fourth-order valence-electron chi connectivity index (χ4n) is 3.31. The predicted octanol–water partition coefficient (Wildman–Crippen LogP) is 2.55. The number of aliphatic carboxylic acids is 1. The molecule has 9 heteroatoms. The van der Waals surface area contributed by atoms with Gasteiger partial charge in [-0.1, -0.05) is 12.8 Å². The van der Waals surface area contributed by atoms with E-state index in [1.807, 2.05) is 0 Å². The van der Waals surface area contributed by atoms with Gasteiger partial charge in [0.25, 0.3) is 5.91 Å². The van der Waals surface area contributed by atoms with Crippen LogP contribution in [-0.2, 0) is 14.3 Å². The highest BCUT2D eigenvalue weighted by molar-refractivity contribution is 7.18. The van der Waals surface area contributed by atoms with Crippen LogP contribution in [0.2, 0.25) is 0 Å². The molecule has 2 amide bonds. The molecule has 2 atom stereocenters. The van der Waals surface area contributed by atoms with Crippen molar-refractivity contribution in [3.63, 3.8) is 0 Å². The molecule has 0 aliphatic heterocycles. The van der Waals surface area contributed by atoms with Gasteiger partial charge in [-0.2, -0.15) is 0 Å². The Balaban J connectivity index is 2.31. The molecule has 2 rings (SSSR count). The number of hydrogen-bond donors (Lipinski definition) is 3. The Morgan fingerprint density at radius 3 is 2.30 bits per heavy atom. The smallest absolute Gasteiger partial charge is 0.348 e. The first-order chi connectivity index (χ1) is 12.6. The summed E-state index contributed by atoms with van der Waals surface area (Å²) in [6, 6.07) is 0. The van der Waals surface area contributed by atoms with Crippen LogP contribution >= 0.6 is 11.3 Å². The molecule has 1 fully saturated rings. The van der Waals surface area contributed by atoms with Crippen LogP contribution in [0.25, 0.3) is 0 Å². The Kier molecular flexibility index (Phi) is 6.59. The zero-order valence-corrected chi connectivity index (χ0v) is 16.4. The molecule has 0 spiro atoms. The second-order valence-electron chi connectivity index (χ2n) is 6.90. The van der Waals surface area contributed by atoms with Crippen LogP contribution < -0.4 is 11.1 Å². The number of esters is 1. The number of primary amides is 1. The van der Waals surface area contributed by atoms with Crippen LogP contribution in [-0.4, -0.2) is 35.0 Å². The second-order valence-corrected chi connectivity index (χ2v) is 7.92. The fourth-order valence-corrected chi connectivity index (χ4v) is 4.40. The Morgan fingerprint density at radius 1 is 1.19 bits per heavy atom. The standard InChI is InChI=1S/C18H24N2O6S/c1-8(2)26-18(25)13-9(3)12(14(19)21)16(27-13)20-15(22)10-6-4-5-7-11(10)17(23)24/h8,10-11H,4-7H2,1-3H3,(H2,19,21)(H,20,22)(H,23,24)/t10-,11-/m1/s1. The predicted molar refractivity (Wildman–Crippen MR) is 99.8 cm³/mol. The lowest BCUT2D eigenvalue weighted by Gasteiger charge is -2.27. The van der Waals surface area contributed by atoms with Crippen molar-refractivity contribution in [1.29, 1.82) is 0 Å². The number of carbonyl (C=O) groups is 4. The van der Waals surface area contributed by atoms with Gasteiger partial charge in [-0.05, 0) is 39.2 Å². The van der Waals surface area contributed by atoms with Gasteiger partial charge >= 0.3 is 11.9 Å². The minimum absolute atomic E-state index is 0.0479. The lowest BCUT2D eigenvalue weighted by Crippen LogP contribution is -2.36. The Morgan fingerprint density at radius 2 is 1.78 bits per heavy atom. The number of ether oxygens (including phenoxy) is 1. The molecule has 1 aliphatic rings. The molecule has 1 aliphatic carbocycles. The van der Waals surface area contributed by atoms with Crippen molar-refractivity contribution >= 4 is 40.1 Å². The third kappa shape index (κ3) is 4.65. The van der Waals surface area contributed by atoms with Gasteiger partial charge in [0, 0.05) is 0 Å². The minimum atomic E-state index is -1.01. The highest BCUT2D eigenvalue weighted by Gasteiger charge is 2.36. The summed E-state index contributed by atoms with van der Waals surface area (Å²) in [7, 11) is 0. The first kappa shape index (κ1) is 20.9. The maximum absolute atomic E-state index is 12.7. The number of anilines is 1. The van der Waals surface area contributed by atoms with Gasteiger partial charge in [0.1, 0.15) is 9.88 Å². The minimum Gasteiger partial charge on any atom is -0.481 e. The topological polar surface area (TPSA) is 136 Å². The summed E-state index contributed by atoms with van der Waals surface area (Å²) in [6.07, 6.45) is 2.08. The van der Waals surface area contributed by atoms with Gasteiger partial charge in [-0.25, -0.2) is 4.79 Å². The lowest BCUT2D eigenvalue weighted by atomic mass is 9.79. The molecule has 27 heavy (non-hydrogen) atoms. The first-order valence-corrected chi connectivity index (χ1v) is 9.63. The molecule has 0 unspecified atom stereocenters. The van der Waals surface area contributed by atoms with Crippen LogP contribution in [0.4, 0.5) is 5.00 Å². The van der Waals surface area contributed by atoms with Crippen LogP contribution in [0.5, 0.6) is 0 Å². The molecule has 1 aromatic rings. The van der Waals surface area contributed by atoms with E-state index in [1.54, 1.807) is 20.8 Å². The molecule has 4 N–H and O–H groups in total. The third-order valence-electron chi connectivity index (χ3n) is 4.58. The van der Waals surface area contributed by atoms with E-state index in [1.165, 1.54) is 0 Å². The van der Waals surface area contributed by atoms with Gasteiger partial charge in [0.15, 0.2) is 0 Å². The molecular weight excluding hydrogens is 372 g/mol. The number of carboxylic acid groups (broad SMARTS) is 1. The zero-order chi connectivity index (χ0) is 20.3. The van der Waals surface area contributed by atoms with Crippen molar-refractivity contribution in [3.8, 4) is 0 Å². The average Bonchev–Trinajstić information content (AvgIpc) is 2.90. The SMILES string of the molecule is Cc1c(C(=O)OC(C)C)sc(NC(=O)[C@@H]2CCCC[C@H]2C(=O)O)c1C(N)=O. The highest BCUT2D eigenvalue weighted by atomic mass is 32.1. The van der Waals surface area contributed by atoms with E-state index < -0.39 is 35.6 Å². The third-order valence-corrected chi connectivity index (χ3v) is 5.77. The summed E-state index contributed by atoms with van der Waals surface area (Å²) in [5, 5.41) is 12.1. The number of nitrogens with two attached hydrogens (primary N) is 1. The van der Waals surface area contributed by atoms with Gasteiger partial charge in [0.2, 0.25) is 5.91 Å². The Hall–Kier alpha value is -2.42. The fraction of sp³-hybridized carbons (Fsp3) is 0.556. The van der Waals surface area contributed by atoms with Crippen molar-refractivity contribution in [1.82, 2.24) is 0 Å². The number of thiophene rings is 1. The van der Waals surface area contributed by atoms with E-state index in [9.17, 15) is 24.3 Å². The Bertz CT molecular complexity index is 770. The normalized spacial score (nSPS) is 19.6. The molecular formula is C18H24N2O6S. The summed E-state index contributed by atoms with van der Waals surface area (Å²) >= 11 is 0.912. The van der Waals surface area contributed by atoms with Crippen LogP contribution in [0.3, 0.4) is 0 Å². The number of carboxylic acids is 1. The molecule has 0 aromatic carbocycles. The molecule has 0 radical (unpaired) electrons. The van der Waals surface area contributed by atoms with Crippen molar-refractivity contribution in [2.75, 3.05) is 5.32 Å². The van der Waals surface area contributed by atoms with Gasteiger partial charge < -0.3 is 20.9 Å². The van der Waals surface area contributed by atoms with Crippen LogP contribution in [0.1, 0.15) is 65.1 Å². The molecule has 148 valence electrons. The zero-order valence-electron chi connectivity index (χ0n) is 15.5. The van der Waals surface area contributed by atoms with Gasteiger partial charge in [-0.3, -0.25) is 14.4 Å². The largest absolute Gasteiger partial charge is 0.481 e. The maximum atomic E-state index is 12.7. The number of rotatable bonds is 6. The van der Waals surface area contributed by atoms with Crippen LogP contribution in [0, 0.1) is 18.8 Å². The van der Waals surface area contributed by atoms with Crippen LogP contribution in [0.15, 0.2) is 0 Å². The molecule has 1 heterocycles. The molecule has 1 saturated carbocycles. The van der Waals surface area contributed by atoms with E-state index in [2.05, 4.69) is 5.32 Å². The number of amides is 2. The van der Waals surface area contributed by atoms with E-state index >= 15 is 0 Å². The number of hydrogen-bond acceptors (Lipinski definition) is 6. The van der Waals surface area contributed by atoms with Gasteiger partial charge in [-0.15, -0.1) is 11.3 Å². The van der Waals surface area contributed by atoms with E-state index in [4.69, 9.17) is 10.5 Å². The molecule has 0 bridgehead atoms. The summed E-state index contributed by atoms with van der Waals surface area (Å²) in [5.74, 6) is -4.31. The monoisotopic (exact) mass is 396 g/mol. The van der Waals surface area contributed by atoms with Crippen molar-refractivity contribution in [2.24, 2.45) is 17.6 Å². The van der Waals surface area contributed by atoms with E-state index in [-0.39, 0.29) is 21.5 Å². The van der Waals surface area contributed by atoms with Crippen molar-refractivity contribution < 1.29 is 29.0 Å². The first-order valence-electron chi connectivity index (χ1n) is 8.81. The second kappa shape index (κ2) is 8.51. The Labute approximate surface area is 161 Å². The molecule has 0 saturated heterocycles. The van der Waals surface area contributed by atoms with Crippen molar-refractivity contribution in [3.05, 3.63) is 16.0 Å². The lowest BCUT2D eigenvalue weighted by molar-refractivity contribution is -0.147. The summed E-state index contributed by atoms with van der Waals surface area (Å²) in [6.45, 7) is 4.96. The van der Waals surface area contributed by atoms with E-state index in [0.29, 0.717) is 18.4 Å². The quantitative estimate of drug-likeness (QED) is 0.632. The maximum Gasteiger partial charge on any atom is 0.348 e. The highest BCUT2D eigenvalue weighted by Crippen LogP contribution is 2.36.